The van der Waals surface area contributed by atoms with Crippen molar-refractivity contribution < 1.29 is 4.39 Å². The van der Waals surface area contributed by atoms with Gasteiger partial charge in [-0.1, -0.05) is 73.3 Å². The van der Waals surface area contributed by atoms with Crippen molar-refractivity contribution >= 4 is 55.1 Å². The summed E-state index contributed by atoms with van der Waals surface area (Å²) in [5.74, 6) is -0.229. The predicted octanol–water partition coefficient (Wildman–Crippen LogP) is 6.40. The second kappa shape index (κ2) is 7.45. The van der Waals surface area contributed by atoms with Crippen LogP contribution in [-0.2, 0) is 11.8 Å². The molecule has 5 heteroatoms. The third-order valence-corrected chi connectivity index (χ3v) is 6.36. The quantitative estimate of drug-likeness (QED) is 0.458. The summed E-state index contributed by atoms with van der Waals surface area (Å²) in [7, 11) is 0. The molecule has 0 amide bonds. The van der Waals surface area contributed by atoms with Gasteiger partial charge in [0.25, 0.3) is 0 Å². The molecule has 0 aromatic heterocycles. The average Bonchev–Trinajstić information content (AvgIpc) is 2.48. The zero-order valence-corrected chi connectivity index (χ0v) is 15.7. The maximum Gasteiger partial charge on any atom is 0.123 e. The van der Waals surface area contributed by atoms with Gasteiger partial charge in [-0.2, -0.15) is 0 Å². The first-order valence-electron chi connectivity index (χ1n) is 6.33. The van der Waals surface area contributed by atoms with Crippen LogP contribution in [0, 0.1) is 5.82 Å². The maximum absolute atomic E-state index is 13.6. The van der Waals surface area contributed by atoms with E-state index in [9.17, 15) is 4.39 Å². The van der Waals surface area contributed by atoms with Crippen molar-refractivity contribution in [1.29, 1.82) is 0 Å². The Kier molecular flexibility index (Phi) is 6.13. The van der Waals surface area contributed by atoms with E-state index in [1.54, 1.807) is 18.2 Å². The van der Waals surface area contributed by atoms with E-state index >= 15 is 0 Å². The van der Waals surface area contributed by atoms with Crippen LogP contribution in [0.15, 0.2) is 42.5 Å². The summed E-state index contributed by atoms with van der Waals surface area (Å²) in [6, 6.07) is 12.3. The molecule has 0 atom stereocenters. The SMILES string of the molecule is Fc1cccc(C(CBr)(CBr)Cc2ccc(Cl)c(Cl)c2)c1. The molecule has 0 saturated carbocycles. The van der Waals surface area contributed by atoms with Crippen LogP contribution in [0.25, 0.3) is 0 Å². The second-order valence-electron chi connectivity index (χ2n) is 4.98. The highest BCUT2D eigenvalue weighted by Crippen LogP contribution is 2.34. The summed E-state index contributed by atoms with van der Waals surface area (Å²) in [4.78, 5) is 0. The Morgan fingerprint density at radius 3 is 2.24 bits per heavy atom. The monoisotopic (exact) mass is 452 g/mol. The highest BCUT2D eigenvalue weighted by molar-refractivity contribution is 9.09. The van der Waals surface area contributed by atoms with E-state index in [0.717, 1.165) is 17.5 Å². The average molecular weight is 455 g/mol. The molecule has 0 aliphatic rings. The Labute approximate surface area is 150 Å². The van der Waals surface area contributed by atoms with E-state index in [4.69, 9.17) is 23.2 Å². The smallest absolute Gasteiger partial charge is 0.123 e. The van der Waals surface area contributed by atoms with Gasteiger partial charge in [-0.15, -0.1) is 0 Å². The molecule has 0 N–H and O–H groups in total. The van der Waals surface area contributed by atoms with Crippen LogP contribution in [-0.4, -0.2) is 10.7 Å². The van der Waals surface area contributed by atoms with Crippen molar-refractivity contribution in [3.05, 3.63) is 69.5 Å². The van der Waals surface area contributed by atoms with Gasteiger partial charge in [-0.05, 0) is 41.8 Å². The van der Waals surface area contributed by atoms with Crippen LogP contribution in [0.3, 0.4) is 0 Å². The van der Waals surface area contributed by atoms with Gasteiger partial charge in [-0.3, -0.25) is 0 Å². The third kappa shape index (κ3) is 4.01. The summed E-state index contributed by atoms with van der Waals surface area (Å²) in [5, 5.41) is 2.48. The Morgan fingerprint density at radius 2 is 1.67 bits per heavy atom. The van der Waals surface area contributed by atoms with Crippen molar-refractivity contribution in [1.82, 2.24) is 0 Å². The molecular formula is C16H13Br2Cl2F. The third-order valence-electron chi connectivity index (χ3n) is 3.48. The molecule has 0 bridgehead atoms. The summed E-state index contributed by atoms with van der Waals surface area (Å²) >= 11 is 19.2. The lowest BCUT2D eigenvalue weighted by molar-refractivity contribution is 0.541. The molecule has 2 aromatic rings. The number of benzene rings is 2. The maximum atomic E-state index is 13.6. The minimum atomic E-state index is -0.251. The number of rotatable bonds is 5. The lowest BCUT2D eigenvalue weighted by atomic mass is 9.79. The van der Waals surface area contributed by atoms with Crippen molar-refractivity contribution in [2.45, 2.75) is 11.8 Å². The van der Waals surface area contributed by atoms with Crippen LogP contribution >= 0.6 is 55.1 Å². The van der Waals surface area contributed by atoms with E-state index in [1.807, 2.05) is 18.2 Å². The van der Waals surface area contributed by atoms with E-state index in [2.05, 4.69) is 31.9 Å². The first-order valence-corrected chi connectivity index (χ1v) is 9.32. The molecule has 2 rings (SSSR count). The second-order valence-corrected chi connectivity index (χ2v) is 6.92. The van der Waals surface area contributed by atoms with Gasteiger partial charge in [0.05, 0.1) is 10.0 Å². The van der Waals surface area contributed by atoms with Crippen molar-refractivity contribution in [2.24, 2.45) is 0 Å². The van der Waals surface area contributed by atoms with Crippen LogP contribution in [0.4, 0.5) is 4.39 Å². The summed E-state index contributed by atoms with van der Waals surface area (Å²) in [6.07, 6.45) is 0.726. The highest BCUT2D eigenvalue weighted by Gasteiger charge is 2.31. The van der Waals surface area contributed by atoms with Gasteiger partial charge in [0, 0.05) is 16.1 Å². The Bertz CT molecular complexity index is 627. The molecule has 0 aliphatic carbocycles. The Balaban J connectivity index is 2.40. The first-order chi connectivity index (χ1) is 10.0. The van der Waals surface area contributed by atoms with E-state index in [1.165, 1.54) is 6.07 Å². The van der Waals surface area contributed by atoms with Crippen molar-refractivity contribution in [3.8, 4) is 0 Å². The standard InChI is InChI=1S/C16H13Br2Cl2F/c17-9-16(10-18,12-2-1-3-13(21)7-12)8-11-4-5-14(19)15(20)6-11/h1-7H,8-10H2. The summed E-state index contributed by atoms with van der Waals surface area (Å²) in [5.41, 5.74) is 1.76. The van der Waals surface area contributed by atoms with Gasteiger partial charge >= 0.3 is 0 Å². The number of halogens is 5. The van der Waals surface area contributed by atoms with Crippen LogP contribution in [0.2, 0.25) is 10.0 Å². The Morgan fingerprint density at radius 1 is 0.952 bits per heavy atom. The molecule has 0 nitrogen and oxygen atoms in total. The highest BCUT2D eigenvalue weighted by atomic mass is 79.9. The fraction of sp³-hybridized carbons (Fsp3) is 0.250. The summed E-state index contributed by atoms with van der Waals surface area (Å²) in [6.45, 7) is 0. The topological polar surface area (TPSA) is 0 Å². The van der Waals surface area contributed by atoms with Crippen molar-refractivity contribution in [3.63, 3.8) is 0 Å². The zero-order valence-electron chi connectivity index (χ0n) is 11.1. The zero-order chi connectivity index (χ0) is 15.5. The molecule has 2 aromatic carbocycles. The largest absolute Gasteiger partial charge is 0.207 e. The molecule has 0 aliphatic heterocycles. The van der Waals surface area contributed by atoms with Gasteiger partial charge < -0.3 is 0 Å². The van der Waals surface area contributed by atoms with Gasteiger partial charge in [0.15, 0.2) is 0 Å². The number of hydrogen-bond acceptors (Lipinski definition) is 0. The molecule has 21 heavy (non-hydrogen) atoms. The van der Waals surface area contributed by atoms with Crippen LogP contribution < -0.4 is 0 Å². The minimum Gasteiger partial charge on any atom is -0.207 e. The molecular weight excluding hydrogens is 442 g/mol. The molecule has 0 heterocycles. The molecule has 112 valence electrons. The molecule has 0 unspecified atom stereocenters. The Hall–Kier alpha value is -0.0900. The number of hydrogen-bond donors (Lipinski definition) is 0. The van der Waals surface area contributed by atoms with E-state index in [0.29, 0.717) is 20.7 Å². The normalized spacial score (nSPS) is 11.7. The predicted molar refractivity (Wildman–Crippen MR) is 95.8 cm³/mol. The van der Waals surface area contributed by atoms with Gasteiger partial charge in [-0.25, -0.2) is 4.39 Å². The fourth-order valence-electron chi connectivity index (χ4n) is 2.25. The van der Waals surface area contributed by atoms with Crippen LogP contribution in [0.5, 0.6) is 0 Å². The summed E-state index contributed by atoms with van der Waals surface area (Å²) < 4.78 is 13.6. The van der Waals surface area contributed by atoms with E-state index in [-0.39, 0.29) is 11.2 Å². The lowest BCUT2D eigenvalue weighted by Gasteiger charge is -2.31. The van der Waals surface area contributed by atoms with E-state index < -0.39 is 0 Å². The molecule has 0 fully saturated rings. The molecule has 0 saturated heterocycles. The van der Waals surface area contributed by atoms with Gasteiger partial charge in [0.1, 0.15) is 5.82 Å². The fourth-order valence-corrected chi connectivity index (χ4v) is 4.54. The van der Waals surface area contributed by atoms with Gasteiger partial charge in [0.2, 0.25) is 0 Å². The lowest BCUT2D eigenvalue weighted by Crippen LogP contribution is -2.33. The molecule has 0 spiro atoms. The molecule has 0 radical (unpaired) electrons. The van der Waals surface area contributed by atoms with Crippen molar-refractivity contribution in [2.75, 3.05) is 10.7 Å². The first kappa shape index (κ1) is 17.3. The number of alkyl halides is 2. The minimum absolute atomic E-state index is 0.229. The van der Waals surface area contributed by atoms with Crippen LogP contribution in [0.1, 0.15) is 11.1 Å².